The minimum atomic E-state index is 0.182. The maximum atomic E-state index is 14.1. The maximum Gasteiger partial charge on any atom is 0.254 e. The van der Waals surface area contributed by atoms with E-state index in [2.05, 4.69) is 88.2 Å². The van der Waals surface area contributed by atoms with Crippen LogP contribution in [0.25, 0.3) is 0 Å². The number of piperazine rings is 1. The van der Waals surface area contributed by atoms with Crippen LogP contribution in [0.4, 0.5) is 5.69 Å². The Morgan fingerprint density at radius 2 is 1.56 bits per heavy atom. The standard InChI is InChI=1S/C36H52N4O/c1-3-4-6-9-30-12-16-33(17-13-30)36(41)40(35-20-22-38(23-21-35)28-31-10-7-5-8-11-31)29-32-14-18-34(19-15-32)39-26-24-37(2)25-27-39/h10,12-19,35H,3-9,11,20-29H2,1-2H3. The number of allylic oxidation sites excluding steroid dienone is 1. The lowest BCUT2D eigenvalue weighted by molar-refractivity contribution is 0.0556. The van der Waals surface area contributed by atoms with Gasteiger partial charge in [0.15, 0.2) is 0 Å². The molecule has 0 N–H and O–H groups in total. The Labute approximate surface area is 249 Å². The van der Waals surface area contributed by atoms with Crippen LogP contribution in [0.3, 0.4) is 0 Å². The summed E-state index contributed by atoms with van der Waals surface area (Å²) in [5.74, 6) is 0.182. The predicted molar refractivity (Wildman–Crippen MR) is 172 cm³/mol. The average Bonchev–Trinajstić information content (AvgIpc) is 3.02. The zero-order chi connectivity index (χ0) is 28.4. The number of benzene rings is 2. The van der Waals surface area contributed by atoms with Crippen LogP contribution in [0, 0.1) is 0 Å². The lowest BCUT2D eigenvalue weighted by Crippen LogP contribution is -2.47. The first-order valence-electron chi connectivity index (χ1n) is 16.4. The van der Waals surface area contributed by atoms with Crippen LogP contribution in [0.1, 0.15) is 86.2 Å². The number of likely N-dealkylation sites (tertiary alicyclic amines) is 1. The second-order valence-electron chi connectivity index (χ2n) is 12.7. The highest BCUT2D eigenvalue weighted by atomic mass is 16.2. The molecule has 0 bridgehead atoms. The van der Waals surface area contributed by atoms with Crippen LogP contribution in [-0.2, 0) is 13.0 Å². The van der Waals surface area contributed by atoms with Crippen molar-refractivity contribution in [3.8, 4) is 0 Å². The molecule has 5 rings (SSSR count). The van der Waals surface area contributed by atoms with Crippen molar-refractivity contribution in [3.63, 3.8) is 0 Å². The summed E-state index contributed by atoms with van der Waals surface area (Å²) >= 11 is 0. The van der Waals surface area contributed by atoms with Crippen molar-refractivity contribution in [1.29, 1.82) is 0 Å². The van der Waals surface area contributed by atoms with Crippen LogP contribution in [-0.4, -0.2) is 79.5 Å². The maximum absolute atomic E-state index is 14.1. The molecule has 2 fully saturated rings. The summed E-state index contributed by atoms with van der Waals surface area (Å²) in [5, 5.41) is 0. The molecular weight excluding hydrogens is 504 g/mol. The Morgan fingerprint density at radius 1 is 0.854 bits per heavy atom. The van der Waals surface area contributed by atoms with Crippen molar-refractivity contribution in [2.24, 2.45) is 0 Å². The van der Waals surface area contributed by atoms with E-state index in [1.807, 2.05) is 0 Å². The van der Waals surface area contributed by atoms with Gasteiger partial charge in [0.1, 0.15) is 0 Å². The number of anilines is 1. The van der Waals surface area contributed by atoms with Crippen LogP contribution < -0.4 is 4.90 Å². The van der Waals surface area contributed by atoms with Gasteiger partial charge < -0.3 is 14.7 Å². The van der Waals surface area contributed by atoms with Gasteiger partial charge in [-0.15, -0.1) is 0 Å². The molecule has 3 aliphatic rings. The molecule has 2 aromatic carbocycles. The Morgan fingerprint density at radius 3 is 2.22 bits per heavy atom. The largest absolute Gasteiger partial charge is 0.369 e. The first-order valence-corrected chi connectivity index (χ1v) is 16.4. The molecule has 0 spiro atoms. The van der Waals surface area contributed by atoms with Crippen LogP contribution >= 0.6 is 0 Å². The molecule has 5 nitrogen and oxygen atoms in total. The van der Waals surface area contributed by atoms with Gasteiger partial charge in [0, 0.05) is 69.7 Å². The number of hydrogen-bond acceptors (Lipinski definition) is 4. The van der Waals surface area contributed by atoms with Gasteiger partial charge in [-0.2, -0.15) is 0 Å². The molecular formula is C36H52N4O. The van der Waals surface area contributed by atoms with Crippen LogP contribution in [0.5, 0.6) is 0 Å². The van der Waals surface area contributed by atoms with Crippen molar-refractivity contribution < 1.29 is 4.79 Å². The highest BCUT2D eigenvalue weighted by Gasteiger charge is 2.29. The SMILES string of the molecule is CCCCCc1ccc(C(=O)N(Cc2ccc(N3CCN(C)CC3)cc2)C2CCN(CC3=CCCCC3)CC2)cc1. The molecule has 5 heteroatoms. The van der Waals surface area contributed by atoms with Crippen molar-refractivity contribution >= 4 is 11.6 Å². The fourth-order valence-corrected chi connectivity index (χ4v) is 6.72. The van der Waals surface area contributed by atoms with E-state index in [0.29, 0.717) is 6.54 Å². The number of aryl methyl sites for hydroxylation is 1. The average molecular weight is 557 g/mol. The molecule has 0 aromatic heterocycles. The molecule has 41 heavy (non-hydrogen) atoms. The summed E-state index contributed by atoms with van der Waals surface area (Å²) in [4.78, 5) is 23.7. The number of unbranched alkanes of at least 4 members (excludes halogenated alkanes) is 2. The number of nitrogens with zero attached hydrogens (tertiary/aromatic N) is 4. The van der Waals surface area contributed by atoms with Gasteiger partial charge in [0.05, 0.1) is 0 Å². The van der Waals surface area contributed by atoms with Gasteiger partial charge >= 0.3 is 0 Å². The van der Waals surface area contributed by atoms with Gasteiger partial charge in [-0.05, 0) is 93.8 Å². The molecule has 0 unspecified atom stereocenters. The number of carbonyl (C=O) groups excluding carboxylic acids is 1. The first-order chi connectivity index (χ1) is 20.1. The Bertz CT molecular complexity index is 1110. The third-order valence-corrected chi connectivity index (χ3v) is 9.50. The van der Waals surface area contributed by atoms with E-state index < -0.39 is 0 Å². The number of rotatable bonds is 11. The number of likely N-dealkylation sites (N-methyl/N-ethyl adjacent to an activating group) is 1. The summed E-state index contributed by atoms with van der Waals surface area (Å²) in [6.07, 6.45) is 14.6. The molecule has 0 radical (unpaired) electrons. The molecule has 0 saturated carbocycles. The van der Waals surface area contributed by atoms with E-state index in [9.17, 15) is 4.79 Å². The quantitative estimate of drug-likeness (QED) is 0.226. The van der Waals surface area contributed by atoms with E-state index in [-0.39, 0.29) is 11.9 Å². The molecule has 2 heterocycles. The van der Waals surface area contributed by atoms with E-state index in [1.165, 1.54) is 61.8 Å². The third-order valence-electron chi connectivity index (χ3n) is 9.50. The highest BCUT2D eigenvalue weighted by molar-refractivity contribution is 5.94. The minimum absolute atomic E-state index is 0.182. The smallest absolute Gasteiger partial charge is 0.254 e. The number of carbonyl (C=O) groups is 1. The first kappa shape index (κ1) is 29.8. The fourth-order valence-electron chi connectivity index (χ4n) is 6.72. The van der Waals surface area contributed by atoms with Gasteiger partial charge in [-0.3, -0.25) is 9.69 Å². The zero-order valence-electron chi connectivity index (χ0n) is 25.7. The van der Waals surface area contributed by atoms with Crippen molar-refractivity contribution in [1.82, 2.24) is 14.7 Å². The van der Waals surface area contributed by atoms with E-state index in [1.54, 1.807) is 5.57 Å². The summed E-state index contributed by atoms with van der Waals surface area (Å²) in [7, 11) is 2.20. The van der Waals surface area contributed by atoms with Gasteiger partial charge in [-0.25, -0.2) is 0 Å². The van der Waals surface area contributed by atoms with Crippen molar-refractivity contribution in [2.75, 3.05) is 57.8 Å². The monoisotopic (exact) mass is 556 g/mol. The van der Waals surface area contributed by atoms with Crippen LogP contribution in [0.15, 0.2) is 60.2 Å². The van der Waals surface area contributed by atoms with Gasteiger partial charge in [0.2, 0.25) is 0 Å². The van der Waals surface area contributed by atoms with E-state index >= 15 is 0 Å². The summed E-state index contributed by atoms with van der Waals surface area (Å²) < 4.78 is 0. The molecule has 1 amide bonds. The molecule has 222 valence electrons. The Hall–Kier alpha value is -2.63. The van der Waals surface area contributed by atoms with Crippen LogP contribution in [0.2, 0.25) is 0 Å². The highest BCUT2D eigenvalue weighted by Crippen LogP contribution is 2.26. The molecule has 2 aliphatic heterocycles. The summed E-state index contributed by atoms with van der Waals surface area (Å²) in [5.41, 5.74) is 6.31. The number of piperidine rings is 1. The predicted octanol–water partition coefficient (Wildman–Crippen LogP) is 6.78. The zero-order valence-corrected chi connectivity index (χ0v) is 25.7. The molecule has 1 aliphatic carbocycles. The summed E-state index contributed by atoms with van der Waals surface area (Å²) in [6.45, 7) is 10.6. The third kappa shape index (κ3) is 8.45. The lowest BCUT2D eigenvalue weighted by Gasteiger charge is -2.39. The minimum Gasteiger partial charge on any atom is -0.369 e. The topological polar surface area (TPSA) is 30.0 Å². The Kier molecular flexibility index (Phi) is 10.9. The van der Waals surface area contributed by atoms with Crippen molar-refractivity contribution in [3.05, 3.63) is 76.9 Å². The van der Waals surface area contributed by atoms with Crippen molar-refractivity contribution in [2.45, 2.75) is 83.7 Å². The number of hydrogen-bond donors (Lipinski definition) is 0. The second kappa shape index (κ2) is 15.0. The number of amides is 1. The summed E-state index contributed by atoms with van der Waals surface area (Å²) in [6, 6.07) is 17.8. The van der Waals surface area contributed by atoms with Gasteiger partial charge in [-0.1, -0.05) is 55.7 Å². The fraction of sp³-hybridized carbons (Fsp3) is 0.583. The second-order valence-corrected chi connectivity index (χ2v) is 12.7. The van der Waals surface area contributed by atoms with E-state index in [4.69, 9.17) is 0 Å². The molecule has 2 saturated heterocycles. The Balaban J connectivity index is 1.26. The molecule has 2 aromatic rings. The normalized spacial score (nSPS) is 19.3. The van der Waals surface area contributed by atoms with Gasteiger partial charge in [0.25, 0.3) is 5.91 Å². The molecule has 0 atom stereocenters. The lowest BCUT2D eigenvalue weighted by atomic mass is 9.96. The van der Waals surface area contributed by atoms with E-state index in [0.717, 1.165) is 70.6 Å².